The summed E-state index contributed by atoms with van der Waals surface area (Å²) in [6, 6.07) is 0. The van der Waals surface area contributed by atoms with Crippen LogP contribution in [0.4, 0.5) is 0 Å². The van der Waals surface area contributed by atoms with Crippen molar-refractivity contribution in [2.45, 2.75) is 38.7 Å². The van der Waals surface area contributed by atoms with Crippen LogP contribution in [0.15, 0.2) is 0 Å². The number of carbonyl (C=O) groups is 1. The number of aliphatic hydroxyl groups is 1. The number of rotatable bonds is 4. The van der Waals surface area contributed by atoms with Gasteiger partial charge in [0.1, 0.15) is 5.78 Å². The second-order valence-corrected chi connectivity index (χ2v) is 3.01. The Hall–Kier alpha value is -0.370. The molecule has 0 bridgehead atoms. The van der Waals surface area contributed by atoms with Crippen LogP contribution in [0.3, 0.4) is 0 Å². The van der Waals surface area contributed by atoms with Crippen LogP contribution in [0, 0.1) is 5.92 Å². The molecule has 1 aliphatic carbocycles. The van der Waals surface area contributed by atoms with Gasteiger partial charge in [-0.15, -0.1) is 0 Å². The first-order valence-corrected chi connectivity index (χ1v) is 3.94. The lowest BCUT2D eigenvalue weighted by Gasteiger charge is -2.04. The van der Waals surface area contributed by atoms with Gasteiger partial charge in [0, 0.05) is 12.3 Å². The van der Waals surface area contributed by atoms with E-state index < -0.39 is 6.10 Å². The molecule has 0 saturated heterocycles. The van der Waals surface area contributed by atoms with Crippen molar-refractivity contribution in [2.75, 3.05) is 0 Å². The Bertz CT molecular complexity index is 127. The topological polar surface area (TPSA) is 37.3 Å². The van der Waals surface area contributed by atoms with E-state index in [1.165, 1.54) is 0 Å². The smallest absolute Gasteiger partial charge is 0.138 e. The summed E-state index contributed by atoms with van der Waals surface area (Å²) in [6.45, 7) is 1.89. The lowest BCUT2D eigenvalue weighted by Crippen LogP contribution is -2.13. The highest BCUT2D eigenvalue weighted by molar-refractivity contribution is 5.83. The summed E-state index contributed by atoms with van der Waals surface area (Å²) in [5, 5.41) is 9.08. The van der Waals surface area contributed by atoms with Crippen LogP contribution in [0.2, 0.25) is 0 Å². The molecule has 1 unspecified atom stereocenters. The van der Waals surface area contributed by atoms with E-state index in [-0.39, 0.29) is 5.78 Å². The molecule has 0 aliphatic heterocycles. The maximum Gasteiger partial charge on any atom is 0.138 e. The van der Waals surface area contributed by atoms with Crippen molar-refractivity contribution in [1.82, 2.24) is 0 Å². The fourth-order valence-corrected chi connectivity index (χ4v) is 0.949. The van der Waals surface area contributed by atoms with Crippen molar-refractivity contribution in [3.05, 3.63) is 0 Å². The van der Waals surface area contributed by atoms with Gasteiger partial charge >= 0.3 is 0 Å². The molecular weight excluding hydrogens is 128 g/mol. The fraction of sp³-hybridized carbons (Fsp3) is 0.875. The van der Waals surface area contributed by atoms with E-state index in [0.717, 1.165) is 12.8 Å². The minimum Gasteiger partial charge on any atom is -0.393 e. The van der Waals surface area contributed by atoms with Crippen LogP contribution < -0.4 is 0 Å². The van der Waals surface area contributed by atoms with E-state index in [1.807, 2.05) is 6.92 Å². The molecule has 0 heterocycles. The van der Waals surface area contributed by atoms with E-state index in [0.29, 0.717) is 18.8 Å². The SMILES string of the molecule is CCC(O)CC(=O)C1CC1. The number of Topliss-reactive ketones (excluding diaryl/α,β-unsaturated/α-hetero) is 1. The van der Waals surface area contributed by atoms with Gasteiger partial charge in [-0.2, -0.15) is 0 Å². The standard InChI is InChI=1S/C8H14O2/c1-2-7(9)5-8(10)6-3-4-6/h6-7,9H,2-5H2,1H3. The Labute approximate surface area is 61.2 Å². The molecule has 0 aromatic rings. The van der Waals surface area contributed by atoms with Gasteiger partial charge in [-0.05, 0) is 19.3 Å². The molecule has 1 rings (SSSR count). The third-order valence-electron chi connectivity index (χ3n) is 1.94. The molecule has 2 nitrogen and oxygen atoms in total. The molecular formula is C8H14O2. The minimum absolute atomic E-state index is 0.259. The van der Waals surface area contributed by atoms with Crippen molar-refractivity contribution >= 4 is 5.78 Å². The number of carbonyl (C=O) groups excluding carboxylic acids is 1. The fourth-order valence-electron chi connectivity index (χ4n) is 0.949. The zero-order valence-electron chi connectivity index (χ0n) is 6.34. The molecule has 1 saturated carbocycles. The van der Waals surface area contributed by atoms with E-state index >= 15 is 0 Å². The maximum atomic E-state index is 11.0. The van der Waals surface area contributed by atoms with E-state index in [1.54, 1.807) is 0 Å². The Balaban J connectivity index is 2.16. The molecule has 1 aliphatic rings. The number of hydrogen-bond donors (Lipinski definition) is 1. The Kier molecular flexibility index (Phi) is 2.44. The van der Waals surface area contributed by atoms with Gasteiger partial charge in [0.25, 0.3) is 0 Å². The van der Waals surface area contributed by atoms with Crippen LogP contribution in [0.25, 0.3) is 0 Å². The third kappa shape index (κ3) is 2.10. The molecule has 58 valence electrons. The first-order chi connectivity index (χ1) is 4.74. The first-order valence-electron chi connectivity index (χ1n) is 3.94. The molecule has 1 atom stereocenters. The summed E-state index contributed by atoms with van der Waals surface area (Å²) in [5.41, 5.74) is 0. The molecule has 10 heavy (non-hydrogen) atoms. The summed E-state index contributed by atoms with van der Waals surface area (Å²) in [6.07, 6.45) is 2.78. The number of hydrogen-bond acceptors (Lipinski definition) is 2. The normalized spacial score (nSPS) is 20.6. The number of ketones is 1. The van der Waals surface area contributed by atoms with Crippen molar-refractivity contribution in [2.24, 2.45) is 5.92 Å². The summed E-state index contributed by atoms with van der Waals surface area (Å²) >= 11 is 0. The molecule has 2 heteroatoms. The summed E-state index contributed by atoms with van der Waals surface area (Å²) in [4.78, 5) is 11.0. The van der Waals surface area contributed by atoms with Crippen LogP contribution in [0.1, 0.15) is 32.6 Å². The average Bonchev–Trinajstić information content (AvgIpc) is 2.68. The lowest BCUT2D eigenvalue weighted by atomic mass is 10.1. The zero-order valence-corrected chi connectivity index (χ0v) is 6.34. The second-order valence-electron chi connectivity index (χ2n) is 3.01. The molecule has 1 fully saturated rings. The predicted octanol–water partition coefficient (Wildman–Crippen LogP) is 1.13. The highest BCUT2D eigenvalue weighted by Crippen LogP contribution is 2.31. The lowest BCUT2D eigenvalue weighted by molar-refractivity contribution is -0.122. The predicted molar refractivity (Wildman–Crippen MR) is 38.6 cm³/mol. The minimum atomic E-state index is -0.395. The average molecular weight is 142 g/mol. The second kappa shape index (κ2) is 3.15. The van der Waals surface area contributed by atoms with Gasteiger partial charge in [-0.1, -0.05) is 6.92 Å². The monoisotopic (exact) mass is 142 g/mol. The highest BCUT2D eigenvalue weighted by Gasteiger charge is 2.29. The largest absolute Gasteiger partial charge is 0.393 e. The molecule has 1 N–H and O–H groups in total. The third-order valence-corrected chi connectivity index (χ3v) is 1.94. The first kappa shape index (κ1) is 7.73. The van der Waals surface area contributed by atoms with Crippen LogP contribution in [0.5, 0.6) is 0 Å². The molecule has 0 amide bonds. The Morgan fingerprint density at radius 2 is 2.30 bits per heavy atom. The van der Waals surface area contributed by atoms with Gasteiger partial charge in [0.15, 0.2) is 0 Å². The van der Waals surface area contributed by atoms with Crippen molar-refractivity contribution < 1.29 is 9.90 Å². The van der Waals surface area contributed by atoms with Crippen LogP contribution >= 0.6 is 0 Å². The van der Waals surface area contributed by atoms with Gasteiger partial charge in [0.05, 0.1) is 6.10 Å². The van der Waals surface area contributed by atoms with Crippen molar-refractivity contribution in [3.8, 4) is 0 Å². The van der Waals surface area contributed by atoms with E-state index in [2.05, 4.69) is 0 Å². The summed E-state index contributed by atoms with van der Waals surface area (Å²) in [5.74, 6) is 0.565. The van der Waals surface area contributed by atoms with E-state index in [9.17, 15) is 4.79 Å². The van der Waals surface area contributed by atoms with Crippen LogP contribution in [-0.2, 0) is 4.79 Å². The van der Waals surface area contributed by atoms with Gasteiger partial charge in [-0.25, -0.2) is 0 Å². The quantitative estimate of drug-likeness (QED) is 0.638. The van der Waals surface area contributed by atoms with Crippen molar-refractivity contribution in [3.63, 3.8) is 0 Å². The van der Waals surface area contributed by atoms with Crippen molar-refractivity contribution in [1.29, 1.82) is 0 Å². The molecule has 0 aromatic heterocycles. The van der Waals surface area contributed by atoms with Crippen LogP contribution in [-0.4, -0.2) is 17.0 Å². The Morgan fingerprint density at radius 3 is 2.70 bits per heavy atom. The Morgan fingerprint density at radius 1 is 1.70 bits per heavy atom. The molecule has 0 aromatic carbocycles. The summed E-state index contributed by atoms with van der Waals surface area (Å²) in [7, 11) is 0. The van der Waals surface area contributed by atoms with E-state index in [4.69, 9.17) is 5.11 Å². The highest BCUT2D eigenvalue weighted by atomic mass is 16.3. The maximum absolute atomic E-state index is 11.0. The van der Waals surface area contributed by atoms with Gasteiger partial charge in [-0.3, -0.25) is 4.79 Å². The van der Waals surface area contributed by atoms with Gasteiger partial charge < -0.3 is 5.11 Å². The summed E-state index contributed by atoms with van der Waals surface area (Å²) < 4.78 is 0. The number of aliphatic hydroxyl groups excluding tert-OH is 1. The molecule has 0 radical (unpaired) electrons. The molecule has 0 spiro atoms. The zero-order chi connectivity index (χ0) is 7.56. The van der Waals surface area contributed by atoms with Gasteiger partial charge in [0.2, 0.25) is 0 Å².